The van der Waals surface area contributed by atoms with Crippen LogP contribution in [0.4, 0.5) is 5.69 Å². The van der Waals surface area contributed by atoms with Gasteiger partial charge in [0.2, 0.25) is 5.69 Å². The van der Waals surface area contributed by atoms with Gasteiger partial charge in [-0.3, -0.25) is 0 Å². The standard InChI is InChI=1S/C24H23ClN2O3/c1-5-20-22(26-3)21(23(27(20)4)24(28)29-6-2)16-11-13-18(14-12-16)30-15-17-9-7-8-10-19(17)25/h7-14H,5-6,15H2,1-2,4H3. The molecule has 0 aliphatic rings. The van der Waals surface area contributed by atoms with E-state index in [0.29, 0.717) is 40.7 Å². The van der Waals surface area contributed by atoms with Crippen molar-refractivity contribution in [1.29, 1.82) is 0 Å². The molecule has 0 fully saturated rings. The average molecular weight is 423 g/mol. The van der Waals surface area contributed by atoms with E-state index in [1.807, 2.05) is 55.5 Å². The molecule has 154 valence electrons. The molecule has 0 bridgehead atoms. The van der Waals surface area contributed by atoms with Gasteiger partial charge in [-0.15, -0.1) is 0 Å². The molecule has 0 saturated heterocycles. The van der Waals surface area contributed by atoms with E-state index in [0.717, 1.165) is 16.8 Å². The SMILES string of the molecule is [C-]#[N+]c1c(-c2ccc(OCc3ccccc3Cl)cc2)c(C(=O)OCC)n(C)c1CC. The predicted octanol–water partition coefficient (Wildman–Crippen LogP) is 6.21. The average Bonchev–Trinajstić information content (AvgIpc) is 3.05. The van der Waals surface area contributed by atoms with Crippen molar-refractivity contribution in [1.82, 2.24) is 4.57 Å². The number of esters is 1. The molecular weight excluding hydrogens is 400 g/mol. The van der Waals surface area contributed by atoms with Crippen LogP contribution in [0.2, 0.25) is 5.02 Å². The number of benzene rings is 2. The molecule has 30 heavy (non-hydrogen) atoms. The number of carbonyl (C=O) groups is 1. The van der Waals surface area contributed by atoms with E-state index in [1.165, 1.54) is 0 Å². The highest BCUT2D eigenvalue weighted by Crippen LogP contribution is 2.40. The van der Waals surface area contributed by atoms with Crippen LogP contribution >= 0.6 is 11.6 Å². The molecule has 2 aromatic carbocycles. The van der Waals surface area contributed by atoms with Crippen LogP contribution in [0.1, 0.15) is 35.6 Å². The van der Waals surface area contributed by atoms with Crippen molar-refractivity contribution in [3.63, 3.8) is 0 Å². The van der Waals surface area contributed by atoms with E-state index in [2.05, 4.69) is 4.85 Å². The normalized spacial score (nSPS) is 10.5. The van der Waals surface area contributed by atoms with Crippen molar-refractivity contribution in [2.75, 3.05) is 6.61 Å². The van der Waals surface area contributed by atoms with E-state index in [1.54, 1.807) is 18.5 Å². The summed E-state index contributed by atoms with van der Waals surface area (Å²) in [6, 6.07) is 14.9. The molecule has 5 nitrogen and oxygen atoms in total. The van der Waals surface area contributed by atoms with E-state index in [4.69, 9.17) is 27.6 Å². The Balaban J connectivity index is 1.95. The smallest absolute Gasteiger partial charge is 0.354 e. The van der Waals surface area contributed by atoms with Gasteiger partial charge < -0.3 is 14.0 Å². The van der Waals surface area contributed by atoms with Gasteiger partial charge in [0.1, 0.15) is 18.1 Å². The number of carbonyl (C=O) groups excluding carboxylic acids is 1. The first-order valence-electron chi connectivity index (χ1n) is 9.74. The minimum absolute atomic E-state index is 0.271. The van der Waals surface area contributed by atoms with E-state index >= 15 is 0 Å². The minimum atomic E-state index is -0.432. The first-order chi connectivity index (χ1) is 14.5. The summed E-state index contributed by atoms with van der Waals surface area (Å²) in [5, 5.41) is 0.659. The van der Waals surface area contributed by atoms with Gasteiger partial charge in [-0.1, -0.05) is 48.9 Å². The lowest BCUT2D eigenvalue weighted by atomic mass is 10.0. The highest BCUT2D eigenvalue weighted by molar-refractivity contribution is 6.31. The molecular formula is C24H23ClN2O3. The maximum absolute atomic E-state index is 12.6. The Morgan fingerprint density at radius 3 is 2.43 bits per heavy atom. The first-order valence-corrected chi connectivity index (χ1v) is 10.1. The van der Waals surface area contributed by atoms with Gasteiger partial charge in [0.05, 0.1) is 13.2 Å². The predicted molar refractivity (Wildman–Crippen MR) is 118 cm³/mol. The second kappa shape index (κ2) is 9.51. The second-order valence-electron chi connectivity index (χ2n) is 6.67. The van der Waals surface area contributed by atoms with Crippen LogP contribution in [0.5, 0.6) is 5.75 Å². The number of rotatable bonds is 7. The van der Waals surface area contributed by atoms with E-state index in [-0.39, 0.29) is 6.61 Å². The molecule has 3 rings (SSSR count). The molecule has 0 aliphatic carbocycles. The molecule has 0 N–H and O–H groups in total. The third-order valence-corrected chi connectivity index (χ3v) is 5.27. The third kappa shape index (κ3) is 4.19. The summed E-state index contributed by atoms with van der Waals surface area (Å²) in [5.74, 6) is 0.242. The lowest BCUT2D eigenvalue weighted by Gasteiger charge is -2.10. The van der Waals surface area contributed by atoms with Gasteiger partial charge >= 0.3 is 5.97 Å². The molecule has 6 heteroatoms. The van der Waals surface area contributed by atoms with E-state index in [9.17, 15) is 4.79 Å². The second-order valence-corrected chi connectivity index (χ2v) is 7.08. The van der Waals surface area contributed by atoms with Crippen molar-refractivity contribution >= 4 is 23.3 Å². The van der Waals surface area contributed by atoms with Gasteiger partial charge in [0.15, 0.2) is 0 Å². The molecule has 0 amide bonds. The Morgan fingerprint density at radius 2 is 1.83 bits per heavy atom. The third-order valence-electron chi connectivity index (χ3n) is 4.90. The summed E-state index contributed by atoms with van der Waals surface area (Å²) in [7, 11) is 1.80. The van der Waals surface area contributed by atoms with Crippen LogP contribution in [0, 0.1) is 6.57 Å². The van der Waals surface area contributed by atoms with Gasteiger partial charge in [0.25, 0.3) is 0 Å². The molecule has 0 saturated carbocycles. The van der Waals surface area contributed by atoms with Crippen molar-refractivity contribution in [3.05, 3.63) is 81.9 Å². The Morgan fingerprint density at radius 1 is 1.13 bits per heavy atom. The summed E-state index contributed by atoms with van der Waals surface area (Å²) in [6.07, 6.45) is 0.639. The highest BCUT2D eigenvalue weighted by atomic mass is 35.5. The summed E-state index contributed by atoms with van der Waals surface area (Å²) < 4.78 is 12.9. The zero-order chi connectivity index (χ0) is 21.7. The number of ether oxygens (including phenoxy) is 2. The van der Waals surface area contributed by atoms with Gasteiger partial charge in [-0.05, 0) is 37.1 Å². The Bertz CT molecular complexity index is 1090. The maximum Gasteiger partial charge on any atom is 0.354 e. The fraction of sp³-hybridized carbons (Fsp3) is 0.250. The summed E-state index contributed by atoms with van der Waals surface area (Å²) in [5.41, 5.74) is 3.95. The molecule has 0 aliphatic heterocycles. The number of aromatic nitrogens is 1. The first kappa shape index (κ1) is 21.5. The number of hydrogen-bond donors (Lipinski definition) is 0. The summed E-state index contributed by atoms with van der Waals surface area (Å²) in [4.78, 5) is 16.4. The quantitative estimate of drug-likeness (QED) is 0.335. The molecule has 1 heterocycles. The lowest BCUT2D eigenvalue weighted by Crippen LogP contribution is -2.12. The van der Waals surface area contributed by atoms with E-state index < -0.39 is 5.97 Å². The summed E-state index contributed by atoms with van der Waals surface area (Å²) in [6.45, 7) is 12.0. The Labute approximate surface area is 181 Å². The van der Waals surface area contributed by atoms with Gasteiger partial charge in [-0.25, -0.2) is 9.64 Å². The Kier molecular flexibility index (Phi) is 6.81. The minimum Gasteiger partial charge on any atom is -0.489 e. The molecule has 0 unspecified atom stereocenters. The number of halogens is 1. The number of hydrogen-bond acceptors (Lipinski definition) is 3. The lowest BCUT2D eigenvalue weighted by molar-refractivity contribution is 0.0516. The fourth-order valence-electron chi connectivity index (χ4n) is 3.45. The van der Waals surface area contributed by atoms with Crippen LogP contribution < -0.4 is 4.74 Å². The molecule has 0 radical (unpaired) electrons. The topological polar surface area (TPSA) is 44.8 Å². The molecule has 0 spiro atoms. The van der Waals surface area contributed by atoms with Crippen LogP contribution in [0.25, 0.3) is 16.0 Å². The van der Waals surface area contributed by atoms with Crippen molar-refractivity contribution < 1.29 is 14.3 Å². The largest absolute Gasteiger partial charge is 0.489 e. The molecule has 1 aromatic heterocycles. The van der Waals surface area contributed by atoms with Crippen molar-refractivity contribution in [2.45, 2.75) is 26.9 Å². The van der Waals surface area contributed by atoms with Gasteiger partial charge in [0, 0.05) is 28.9 Å². The maximum atomic E-state index is 12.6. The van der Waals surface area contributed by atoms with Crippen molar-refractivity contribution in [3.8, 4) is 16.9 Å². The van der Waals surface area contributed by atoms with Crippen molar-refractivity contribution in [2.24, 2.45) is 7.05 Å². The van der Waals surface area contributed by atoms with Crippen LogP contribution in [0.3, 0.4) is 0 Å². The van der Waals surface area contributed by atoms with Crippen LogP contribution in [0.15, 0.2) is 48.5 Å². The molecule has 0 atom stereocenters. The fourth-order valence-corrected chi connectivity index (χ4v) is 3.64. The number of nitrogens with zero attached hydrogens (tertiary/aromatic N) is 2. The van der Waals surface area contributed by atoms with Crippen LogP contribution in [-0.2, 0) is 24.8 Å². The summed E-state index contributed by atoms with van der Waals surface area (Å²) >= 11 is 6.18. The van der Waals surface area contributed by atoms with Crippen LogP contribution in [-0.4, -0.2) is 17.1 Å². The molecule has 3 aromatic rings. The van der Waals surface area contributed by atoms with Gasteiger partial charge in [-0.2, -0.15) is 0 Å². The highest BCUT2D eigenvalue weighted by Gasteiger charge is 2.26. The Hall–Kier alpha value is -3.23. The zero-order valence-corrected chi connectivity index (χ0v) is 18.0. The monoisotopic (exact) mass is 422 g/mol. The zero-order valence-electron chi connectivity index (χ0n) is 17.2.